The summed E-state index contributed by atoms with van der Waals surface area (Å²) in [5.74, 6) is -0.288. The fourth-order valence-electron chi connectivity index (χ4n) is 2.85. The second kappa shape index (κ2) is 8.21. The van der Waals surface area contributed by atoms with Crippen LogP contribution >= 0.6 is 11.3 Å². The van der Waals surface area contributed by atoms with Gasteiger partial charge in [-0.1, -0.05) is 30.3 Å². The fourth-order valence-corrected chi connectivity index (χ4v) is 3.74. The zero-order valence-electron chi connectivity index (χ0n) is 14.8. The largest absolute Gasteiger partial charge is 0.329 e. The number of carbonyl (C=O) groups is 1. The third-order valence-electron chi connectivity index (χ3n) is 3.94. The van der Waals surface area contributed by atoms with Crippen molar-refractivity contribution >= 4 is 28.1 Å². The SMILES string of the molecule is CC(=O)N(c1ccccc1)c1nc(C[NH+](C)Cc2cccc(F)c2)cs1. The predicted octanol–water partition coefficient (Wildman–Crippen LogP) is 3.18. The Hall–Kier alpha value is -2.57. The van der Waals surface area contributed by atoms with E-state index >= 15 is 0 Å². The van der Waals surface area contributed by atoms with Gasteiger partial charge in [-0.15, -0.1) is 11.3 Å². The quantitative estimate of drug-likeness (QED) is 0.724. The molecule has 0 saturated carbocycles. The second-order valence-corrected chi connectivity index (χ2v) is 7.09. The minimum atomic E-state index is -0.216. The lowest BCUT2D eigenvalue weighted by molar-refractivity contribution is -0.908. The van der Waals surface area contributed by atoms with E-state index in [1.807, 2.05) is 48.8 Å². The molecule has 3 aromatic rings. The van der Waals surface area contributed by atoms with Crippen LogP contribution in [0.1, 0.15) is 18.2 Å². The first-order valence-electron chi connectivity index (χ1n) is 8.39. The topological polar surface area (TPSA) is 37.6 Å². The molecule has 0 radical (unpaired) electrons. The number of nitrogens with zero attached hydrogens (tertiary/aromatic N) is 2. The van der Waals surface area contributed by atoms with Crippen LogP contribution in [0.25, 0.3) is 0 Å². The monoisotopic (exact) mass is 370 g/mol. The minimum absolute atomic E-state index is 0.0717. The van der Waals surface area contributed by atoms with Crippen molar-refractivity contribution in [3.05, 3.63) is 77.1 Å². The number of rotatable bonds is 6. The first-order chi connectivity index (χ1) is 12.5. The lowest BCUT2D eigenvalue weighted by atomic mass is 10.2. The molecular formula is C20H21FN3OS+. The summed E-state index contributed by atoms with van der Waals surface area (Å²) in [5.41, 5.74) is 2.68. The number of benzene rings is 2. The van der Waals surface area contributed by atoms with Crippen molar-refractivity contribution in [1.29, 1.82) is 0 Å². The van der Waals surface area contributed by atoms with E-state index in [0.717, 1.165) is 16.9 Å². The van der Waals surface area contributed by atoms with Crippen LogP contribution in [0.15, 0.2) is 60.0 Å². The van der Waals surface area contributed by atoms with Crippen LogP contribution in [0.4, 0.5) is 15.2 Å². The Morgan fingerprint density at radius 2 is 1.92 bits per heavy atom. The van der Waals surface area contributed by atoms with Crippen LogP contribution in [0.3, 0.4) is 0 Å². The van der Waals surface area contributed by atoms with Gasteiger partial charge in [0.1, 0.15) is 24.6 Å². The molecule has 2 aromatic carbocycles. The van der Waals surface area contributed by atoms with Gasteiger partial charge in [-0.25, -0.2) is 9.37 Å². The number of hydrogen-bond donors (Lipinski definition) is 1. The number of nitrogens with one attached hydrogen (secondary N) is 1. The second-order valence-electron chi connectivity index (χ2n) is 6.25. The molecule has 3 rings (SSSR count). The highest BCUT2D eigenvalue weighted by molar-refractivity contribution is 7.14. The van der Waals surface area contributed by atoms with Crippen molar-refractivity contribution in [2.75, 3.05) is 11.9 Å². The van der Waals surface area contributed by atoms with Gasteiger partial charge in [0, 0.05) is 17.9 Å². The summed E-state index contributed by atoms with van der Waals surface area (Å²) < 4.78 is 13.3. The highest BCUT2D eigenvalue weighted by atomic mass is 32.1. The smallest absolute Gasteiger partial charge is 0.230 e. The predicted molar refractivity (Wildman–Crippen MR) is 102 cm³/mol. The van der Waals surface area contributed by atoms with Crippen molar-refractivity contribution in [1.82, 2.24) is 4.98 Å². The maximum absolute atomic E-state index is 13.3. The number of thiazole rings is 1. The van der Waals surface area contributed by atoms with Gasteiger partial charge in [0.15, 0.2) is 5.13 Å². The fraction of sp³-hybridized carbons (Fsp3) is 0.200. The van der Waals surface area contributed by atoms with Crippen LogP contribution in [0.2, 0.25) is 0 Å². The molecule has 1 heterocycles. The summed E-state index contributed by atoms with van der Waals surface area (Å²) in [5, 5.41) is 2.64. The lowest BCUT2D eigenvalue weighted by Crippen LogP contribution is -3.06. The molecule has 1 N–H and O–H groups in total. The van der Waals surface area contributed by atoms with Crippen molar-refractivity contribution in [2.24, 2.45) is 0 Å². The molecular weight excluding hydrogens is 349 g/mol. The first-order valence-corrected chi connectivity index (χ1v) is 9.27. The van der Waals surface area contributed by atoms with Gasteiger partial charge >= 0.3 is 0 Å². The average Bonchev–Trinajstić information content (AvgIpc) is 3.03. The molecule has 0 saturated heterocycles. The zero-order chi connectivity index (χ0) is 18.5. The number of hydrogen-bond acceptors (Lipinski definition) is 3. The Labute approximate surface area is 156 Å². The molecule has 0 aliphatic carbocycles. The normalized spacial score (nSPS) is 12.0. The maximum Gasteiger partial charge on any atom is 0.230 e. The summed E-state index contributed by atoms with van der Waals surface area (Å²) in [7, 11) is 2.05. The van der Waals surface area contributed by atoms with Crippen LogP contribution in [0.5, 0.6) is 0 Å². The molecule has 1 unspecified atom stereocenters. The number of para-hydroxylation sites is 1. The van der Waals surface area contributed by atoms with E-state index in [1.165, 1.54) is 29.2 Å². The number of aromatic nitrogens is 1. The van der Waals surface area contributed by atoms with Crippen molar-refractivity contribution in [3.63, 3.8) is 0 Å². The molecule has 4 nitrogen and oxygen atoms in total. The molecule has 0 aliphatic rings. The number of halogens is 1. The Morgan fingerprint density at radius 1 is 1.15 bits per heavy atom. The van der Waals surface area contributed by atoms with Gasteiger partial charge in [-0.3, -0.25) is 9.69 Å². The first kappa shape index (κ1) is 18.2. The Bertz CT molecular complexity index is 882. The third-order valence-corrected chi connectivity index (χ3v) is 4.81. The number of amides is 1. The molecule has 1 atom stereocenters. The van der Waals surface area contributed by atoms with Crippen LogP contribution in [0, 0.1) is 5.82 Å². The van der Waals surface area contributed by atoms with E-state index in [9.17, 15) is 9.18 Å². The van der Waals surface area contributed by atoms with Crippen molar-refractivity contribution in [2.45, 2.75) is 20.0 Å². The van der Waals surface area contributed by atoms with E-state index < -0.39 is 0 Å². The standard InChI is InChI=1S/C20H20FN3OS/c1-15(25)24(19-9-4-3-5-10-19)20-22-18(14-26-20)13-23(2)12-16-7-6-8-17(21)11-16/h3-11,14H,12-13H2,1-2H3/p+1. The summed E-state index contributed by atoms with van der Waals surface area (Å²) in [4.78, 5) is 19.6. The average molecular weight is 370 g/mol. The maximum atomic E-state index is 13.3. The summed E-state index contributed by atoms with van der Waals surface area (Å²) >= 11 is 1.45. The van der Waals surface area contributed by atoms with E-state index in [0.29, 0.717) is 18.2 Å². The van der Waals surface area contributed by atoms with E-state index in [4.69, 9.17) is 0 Å². The molecule has 1 amide bonds. The van der Waals surface area contributed by atoms with Gasteiger partial charge in [0.2, 0.25) is 5.91 Å². The minimum Gasteiger partial charge on any atom is -0.329 e. The summed E-state index contributed by atoms with van der Waals surface area (Å²) in [6.45, 7) is 2.95. The number of carbonyl (C=O) groups excluding carboxylic acids is 1. The van der Waals surface area contributed by atoms with E-state index in [-0.39, 0.29) is 11.7 Å². The van der Waals surface area contributed by atoms with Gasteiger partial charge in [-0.2, -0.15) is 0 Å². The van der Waals surface area contributed by atoms with Crippen molar-refractivity contribution in [3.8, 4) is 0 Å². The lowest BCUT2D eigenvalue weighted by Gasteiger charge is -2.17. The zero-order valence-corrected chi connectivity index (χ0v) is 15.6. The van der Waals surface area contributed by atoms with E-state index in [2.05, 4.69) is 4.98 Å². The van der Waals surface area contributed by atoms with Crippen LogP contribution < -0.4 is 9.80 Å². The highest BCUT2D eigenvalue weighted by Gasteiger charge is 2.18. The molecule has 26 heavy (non-hydrogen) atoms. The van der Waals surface area contributed by atoms with Crippen molar-refractivity contribution < 1.29 is 14.1 Å². The molecule has 0 bridgehead atoms. The van der Waals surface area contributed by atoms with Gasteiger partial charge in [0.25, 0.3) is 0 Å². The number of anilines is 2. The molecule has 0 spiro atoms. The van der Waals surface area contributed by atoms with E-state index in [1.54, 1.807) is 17.0 Å². The van der Waals surface area contributed by atoms with Gasteiger partial charge in [0.05, 0.1) is 12.7 Å². The highest BCUT2D eigenvalue weighted by Crippen LogP contribution is 2.28. The summed E-state index contributed by atoms with van der Waals surface area (Å²) in [6, 6.07) is 16.2. The Morgan fingerprint density at radius 3 is 2.62 bits per heavy atom. The molecule has 0 aliphatic heterocycles. The molecule has 0 fully saturated rings. The Balaban J connectivity index is 1.71. The summed E-state index contributed by atoms with van der Waals surface area (Å²) in [6.07, 6.45) is 0. The molecule has 1 aromatic heterocycles. The van der Waals surface area contributed by atoms with Crippen LogP contribution in [-0.4, -0.2) is 17.9 Å². The van der Waals surface area contributed by atoms with Gasteiger partial charge < -0.3 is 4.90 Å². The molecule has 134 valence electrons. The number of quaternary nitrogens is 1. The van der Waals surface area contributed by atoms with Gasteiger partial charge in [-0.05, 0) is 24.3 Å². The Kier molecular flexibility index (Phi) is 5.75. The molecule has 6 heteroatoms. The van der Waals surface area contributed by atoms with Crippen LogP contribution in [-0.2, 0) is 17.9 Å². The third kappa shape index (κ3) is 4.53.